The molecule has 0 bridgehead atoms. The Morgan fingerprint density at radius 3 is 2.59 bits per heavy atom. The fourth-order valence-electron chi connectivity index (χ4n) is 4.34. The third-order valence-corrected chi connectivity index (χ3v) is 5.87. The molecule has 1 aromatic heterocycles. The maximum Gasteiger partial charge on any atom is 0.256 e. The second-order valence-electron chi connectivity index (χ2n) is 7.56. The van der Waals surface area contributed by atoms with Crippen LogP contribution in [-0.2, 0) is 22.5 Å². The lowest BCUT2D eigenvalue weighted by atomic mass is 9.95. The van der Waals surface area contributed by atoms with E-state index in [1.165, 1.54) is 19.3 Å². The SMILES string of the molecule is COC(C(=O)N1CCC(c2nnc3n2CCCCC3)CC1)c1ccccc1. The maximum absolute atomic E-state index is 13.0. The highest BCUT2D eigenvalue weighted by atomic mass is 16.5. The smallest absolute Gasteiger partial charge is 0.256 e. The summed E-state index contributed by atoms with van der Waals surface area (Å²) >= 11 is 0. The van der Waals surface area contributed by atoms with E-state index in [0.717, 1.165) is 56.1 Å². The summed E-state index contributed by atoms with van der Waals surface area (Å²) in [5.74, 6) is 2.73. The lowest BCUT2D eigenvalue weighted by Gasteiger charge is -2.33. The van der Waals surface area contributed by atoms with E-state index in [1.807, 2.05) is 35.2 Å². The molecular formula is C21H28N4O2. The van der Waals surface area contributed by atoms with Crippen molar-refractivity contribution in [3.63, 3.8) is 0 Å². The Labute approximate surface area is 160 Å². The summed E-state index contributed by atoms with van der Waals surface area (Å²) in [5, 5.41) is 8.96. The summed E-state index contributed by atoms with van der Waals surface area (Å²) in [6.45, 7) is 2.54. The van der Waals surface area contributed by atoms with Gasteiger partial charge in [-0.1, -0.05) is 36.8 Å². The summed E-state index contributed by atoms with van der Waals surface area (Å²) in [5.41, 5.74) is 0.912. The average Bonchev–Trinajstić information content (AvgIpc) is 2.97. The van der Waals surface area contributed by atoms with Gasteiger partial charge in [0.1, 0.15) is 11.6 Å². The van der Waals surface area contributed by atoms with Crippen LogP contribution in [0.1, 0.15) is 61.3 Å². The lowest BCUT2D eigenvalue weighted by Crippen LogP contribution is -2.41. The number of carbonyl (C=O) groups excluding carboxylic acids is 1. The highest BCUT2D eigenvalue weighted by Crippen LogP contribution is 2.30. The van der Waals surface area contributed by atoms with Crippen LogP contribution in [0.15, 0.2) is 30.3 Å². The molecule has 1 amide bonds. The number of fused-ring (bicyclic) bond motifs is 1. The van der Waals surface area contributed by atoms with Gasteiger partial charge in [0.15, 0.2) is 6.10 Å². The number of aromatic nitrogens is 3. The average molecular weight is 368 g/mol. The van der Waals surface area contributed by atoms with Gasteiger partial charge in [-0.05, 0) is 31.2 Å². The van der Waals surface area contributed by atoms with Crippen LogP contribution in [-0.4, -0.2) is 45.8 Å². The van der Waals surface area contributed by atoms with Crippen molar-refractivity contribution in [3.05, 3.63) is 47.5 Å². The number of aryl methyl sites for hydroxylation is 1. The Balaban J connectivity index is 1.42. The number of benzene rings is 1. The Bertz CT molecular complexity index is 766. The third kappa shape index (κ3) is 3.76. The molecule has 1 fully saturated rings. The number of hydrogen-bond acceptors (Lipinski definition) is 4. The predicted octanol–water partition coefficient (Wildman–Crippen LogP) is 3.10. The fourth-order valence-corrected chi connectivity index (χ4v) is 4.34. The van der Waals surface area contributed by atoms with Crippen molar-refractivity contribution >= 4 is 5.91 Å². The molecule has 1 saturated heterocycles. The zero-order valence-electron chi connectivity index (χ0n) is 16.0. The molecule has 1 atom stereocenters. The molecule has 0 saturated carbocycles. The summed E-state index contributed by atoms with van der Waals surface area (Å²) in [6.07, 6.45) is 6.09. The van der Waals surface area contributed by atoms with Crippen molar-refractivity contribution in [2.24, 2.45) is 0 Å². The first-order chi connectivity index (χ1) is 13.3. The highest BCUT2D eigenvalue weighted by molar-refractivity contribution is 5.82. The topological polar surface area (TPSA) is 60.2 Å². The van der Waals surface area contributed by atoms with Crippen molar-refractivity contribution in [2.75, 3.05) is 20.2 Å². The number of piperidine rings is 1. The van der Waals surface area contributed by atoms with Crippen LogP contribution in [0, 0.1) is 0 Å². The molecule has 0 aliphatic carbocycles. The molecule has 0 radical (unpaired) electrons. The summed E-state index contributed by atoms with van der Waals surface area (Å²) < 4.78 is 7.87. The Kier molecular flexibility index (Phi) is 5.53. The number of nitrogens with zero attached hydrogens (tertiary/aromatic N) is 4. The molecule has 4 rings (SSSR count). The van der Waals surface area contributed by atoms with E-state index in [-0.39, 0.29) is 5.91 Å². The molecule has 2 aliphatic rings. The summed E-state index contributed by atoms with van der Waals surface area (Å²) in [6, 6.07) is 9.73. The van der Waals surface area contributed by atoms with Gasteiger partial charge in [0, 0.05) is 39.1 Å². The number of hydrogen-bond donors (Lipinski definition) is 0. The van der Waals surface area contributed by atoms with Crippen molar-refractivity contribution < 1.29 is 9.53 Å². The first kappa shape index (κ1) is 18.2. The lowest BCUT2D eigenvalue weighted by molar-refractivity contribution is -0.143. The van der Waals surface area contributed by atoms with Crippen LogP contribution in [0.4, 0.5) is 0 Å². The quantitative estimate of drug-likeness (QED) is 0.832. The second-order valence-corrected chi connectivity index (χ2v) is 7.56. The fraction of sp³-hybridized carbons (Fsp3) is 0.571. The van der Waals surface area contributed by atoms with Crippen molar-refractivity contribution in [2.45, 2.75) is 57.1 Å². The standard InChI is InChI=1S/C21H28N4O2/c1-27-19(16-8-4-2-5-9-16)21(26)24-14-11-17(12-15-24)20-23-22-18-10-6-3-7-13-25(18)20/h2,4-5,8-9,17,19H,3,6-7,10-15H2,1H3. The number of carbonyl (C=O) groups is 1. The molecule has 0 spiro atoms. The van der Waals surface area contributed by atoms with E-state index in [1.54, 1.807) is 7.11 Å². The Morgan fingerprint density at radius 2 is 1.85 bits per heavy atom. The molecule has 1 unspecified atom stereocenters. The maximum atomic E-state index is 13.0. The number of amides is 1. The van der Waals surface area contributed by atoms with Gasteiger partial charge in [0.2, 0.25) is 0 Å². The van der Waals surface area contributed by atoms with E-state index in [9.17, 15) is 4.79 Å². The van der Waals surface area contributed by atoms with Gasteiger partial charge in [-0.3, -0.25) is 4.79 Å². The van der Waals surface area contributed by atoms with Gasteiger partial charge in [0.05, 0.1) is 0 Å². The van der Waals surface area contributed by atoms with Crippen LogP contribution in [0.3, 0.4) is 0 Å². The molecule has 1 aromatic carbocycles. The van der Waals surface area contributed by atoms with E-state index in [0.29, 0.717) is 5.92 Å². The normalized spacial score (nSPS) is 19.4. The summed E-state index contributed by atoms with van der Waals surface area (Å²) in [7, 11) is 1.60. The van der Waals surface area contributed by atoms with Crippen LogP contribution >= 0.6 is 0 Å². The molecule has 2 aliphatic heterocycles. The minimum atomic E-state index is -0.521. The zero-order chi connectivity index (χ0) is 18.6. The number of ether oxygens (including phenoxy) is 1. The van der Waals surface area contributed by atoms with E-state index < -0.39 is 6.10 Å². The Hall–Kier alpha value is -2.21. The van der Waals surface area contributed by atoms with Gasteiger partial charge in [-0.2, -0.15) is 0 Å². The molecule has 6 heteroatoms. The van der Waals surface area contributed by atoms with Crippen molar-refractivity contribution in [1.82, 2.24) is 19.7 Å². The molecule has 2 aromatic rings. The monoisotopic (exact) mass is 368 g/mol. The largest absolute Gasteiger partial charge is 0.367 e. The van der Waals surface area contributed by atoms with E-state index in [4.69, 9.17) is 4.74 Å². The molecular weight excluding hydrogens is 340 g/mol. The minimum Gasteiger partial charge on any atom is -0.367 e. The van der Waals surface area contributed by atoms with Gasteiger partial charge in [-0.25, -0.2) is 0 Å². The van der Waals surface area contributed by atoms with Crippen molar-refractivity contribution in [1.29, 1.82) is 0 Å². The molecule has 144 valence electrons. The van der Waals surface area contributed by atoms with Gasteiger partial charge in [0.25, 0.3) is 5.91 Å². The molecule has 6 nitrogen and oxygen atoms in total. The van der Waals surface area contributed by atoms with Gasteiger partial charge >= 0.3 is 0 Å². The Morgan fingerprint density at radius 1 is 1.07 bits per heavy atom. The highest BCUT2D eigenvalue weighted by Gasteiger charge is 2.32. The minimum absolute atomic E-state index is 0.0576. The first-order valence-electron chi connectivity index (χ1n) is 10.1. The van der Waals surface area contributed by atoms with Crippen LogP contribution in [0.25, 0.3) is 0 Å². The summed E-state index contributed by atoms with van der Waals surface area (Å²) in [4.78, 5) is 14.9. The predicted molar refractivity (Wildman–Crippen MR) is 102 cm³/mol. The van der Waals surface area contributed by atoms with Crippen molar-refractivity contribution in [3.8, 4) is 0 Å². The first-order valence-corrected chi connectivity index (χ1v) is 10.1. The third-order valence-electron chi connectivity index (χ3n) is 5.87. The number of methoxy groups -OCH3 is 1. The van der Waals surface area contributed by atoms with Gasteiger partial charge in [-0.15, -0.1) is 10.2 Å². The number of likely N-dealkylation sites (tertiary alicyclic amines) is 1. The van der Waals surface area contributed by atoms with Crippen LogP contribution in [0.2, 0.25) is 0 Å². The zero-order valence-corrected chi connectivity index (χ0v) is 16.0. The van der Waals surface area contributed by atoms with Crippen LogP contribution in [0.5, 0.6) is 0 Å². The van der Waals surface area contributed by atoms with E-state index >= 15 is 0 Å². The molecule has 27 heavy (non-hydrogen) atoms. The number of rotatable bonds is 4. The second kappa shape index (κ2) is 8.21. The molecule has 3 heterocycles. The van der Waals surface area contributed by atoms with Gasteiger partial charge < -0.3 is 14.2 Å². The molecule has 0 N–H and O–H groups in total. The van der Waals surface area contributed by atoms with Crippen LogP contribution < -0.4 is 0 Å². The van der Waals surface area contributed by atoms with E-state index in [2.05, 4.69) is 14.8 Å².